The summed E-state index contributed by atoms with van der Waals surface area (Å²) in [5.74, 6) is 0.403. The third-order valence-electron chi connectivity index (χ3n) is 4.20. The van der Waals surface area contributed by atoms with Gasteiger partial charge in [-0.3, -0.25) is 14.5 Å². The fourth-order valence-corrected chi connectivity index (χ4v) is 3.22. The zero-order valence-electron chi connectivity index (χ0n) is 10.5. The van der Waals surface area contributed by atoms with E-state index in [1.807, 2.05) is 30.3 Å². The minimum Gasteiger partial charge on any atom is -0.274 e. The number of amides is 2. The van der Waals surface area contributed by atoms with Gasteiger partial charge in [0.05, 0.1) is 17.5 Å². The van der Waals surface area contributed by atoms with Crippen molar-refractivity contribution in [2.24, 2.45) is 17.8 Å². The number of hydrogen-bond acceptors (Lipinski definition) is 2. The van der Waals surface area contributed by atoms with Crippen LogP contribution in [-0.4, -0.2) is 11.8 Å². The van der Waals surface area contributed by atoms with E-state index >= 15 is 0 Å². The van der Waals surface area contributed by atoms with Gasteiger partial charge in [0, 0.05) is 0 Å². The first-order chi connectivity index (χ1) is 8.68. The van der Waals surface area contributed by atoms with Crippen LogP contribution in [0.2, 0.25) is 0 Å². The Morgan fingerprint density at radius 2 is 1.67 bits per heavy atom. The van der Waals surface area contributed by atoms with Gasteiger partial charge in [0.15, 0.2) is 0 Å². The van der Waals surface area contributed by atoms with E-state index in [0.717, 1.165) is 24.9 Å². The van der Waals surface area contributed by atoms with E-state index in [0.29, 0.717) is 5.92 Å². The van der Waals surface area contributed by atoms with Crippen LogP contribution in [0.25, 0.3) is 0 Å². The van der Waals surface area contributed by atoms with E-state index in [1.54, 1.807) is 0 Å². The lowest BCUT2D eigenvalue weighted by molar-refractivity contribution is -0.122. The molecule has 94 valence electrons. The van der Waals surface area contributed by atoms with E-state index in [9.17, 15) is 9.59 Å². The van der Waals surface area contributed by atoms with Gasteiger partial charge in [0.2, 0.25) is 11.8 Å². The Morgan fingerprint density at radius 3 is 2.39 bits per heavy atom. The standard InChI is InChI=1S/C15H17NO2/c1-10-7-8-12-13(9-10)15(18)16(14(12)17)11-5-3-2-4-6-11/h2-6,10,12-13H,7-9H2,1H3/t10-,12+,13-/m1/s1. The third-order valence-corrected chi connectivity index (χ3v) is 4.20. The average Bonchev–Trinajstić information content (AvgIpc) is 2.63. The number of benzene rings is 1. The van der Waals surface area contributed by atoms with Crippen molar-refractivity contribution in [2.45, 2.75) is 26.2 Å². The molecule has 0 spiro atoms. The summed E-state index contributed by atoms with van der Waals surface area (Å²) in [6.45, 7) is 2.17. The molecule has 3 nitrogen and oxygen atoms in total. The number of fused-ring (bicyclic) bond motifs is 1. The second kappa shape index (κ2) is 4.23. The Labute approximate surface area is 107 Å². The Morgan fingerprint density at radius 1 is 1.00 bits per heavy atom. The molecule has 0 unspecified atom stereocenters. The number of nitrogens with zero attached hydrogens (tertiary/aromatic N) is 1. The van der Waals surface area contributed by atoms with Crippen molar-refractivity contribution >= 4 is 17.5 Å². The first-order valence-corrected chi connectivity index (χ1v) is 6.61. The van der Waals surface area contributed by atoms with Gasteiger partial charge in [-0.15, -0.1) is 0 Å². The molecule has 0 aromatic heterocycles. The maximum atomic E-state index is 12.4. The molecule has 0 bridgehead atoms. The fraction of sp³-hybridized carbons (Fsp3) is 0.467. The number of carbonyl (C=O) groups is 2. The average molecular weight is 243 g/mol. The van der Waals surface area contributed by atoms with E-state index in [-0.39, 0.29) is 23.7 Å². The van der Waals surface area contributed by atoms with E-state index in [1.165, 1.54) is 4.90 Å². The van der Waals surface area contributed by atoms with E-state index in [2.05, 4.69) is 6.92 Å². The van der Waals surface area contributed by atoms with Gasteiger partial charge in [-0.2, -0.15) is 0 Å². The Kier molecular flexibility index (Phi) is 2.69. The molecule has 2 fully saturated rings. The van der Waals surface area contributed by atoms with Crippen LogP contribution in [-0.2, 0) is 9.59 Å². The molecule has 1 aliphatic carbocycles. The molecule has 1 aromatic rings. The molecule has 1 saturated carbocycles. The Balaban J connectivity index is 1.94. The first-order valence-electron chi connectivity index (χ1n) is 6.61. The van der Waals surface area contributed by atoms with Gasteiger partial charge in [-0.1, -0.05) is 25.1 Å². The summed E-state index contributed by atoms with van der Waals surface area (Å²) in [5.41, 5.74) is 0.717. The minimum atomic E-state index is -0.0820. The fourth-order valence-electron chi connectivity index (χ4n) is 3.22. The Hall–Kier alpha value is -1.64. The zero-order chi connectivity index (χ0) is 12.7. The summed E-state index contributed by atoms with van der Waals surface area (Å²) < 4.78 is 0. The highest BCUT2D eigenvalue weighted by atomic mass is 16.2. The molecule has 2 aliphatic rings. The van der Waals surface area contributed by atoms with Crippen molar-refractivity contribution in [1.82, 2.24) is 0 Å². The summed E-state index contributed by atoms with van der Waals surface area (Å²) in [6.07, 6.45) is 2.78. The minimum absolute atomic E-state index is 0.00255. The second-order valence-corrected chi connectivity index (χ2v) is 5.48. The van der Waals surface area contributed by atoms with Gasteiger partial charge in [0.25, 0.3) is 0 Å². The molecule has 2 amide bonds. The summed E-state index contributed by atoms with van der Waals surface area (Å²) in [4.78, 5) is 26.2. The van der Waals surface area contributed by atoms with Gasteiger partial charge < -0.3 is 0 Å². The van der Waals surface area contributed by atoms with Gasteiger partial charge >= 0.3 is 0 Å². The SMILES string of the molecule is C[C@@H]1CC[C@@H]2C(=O)N(c3ccccc3)C(=O)[C@@H]2C1. The van der Waals surface area contributed by atoms with Crippen LogP contribution in [0.4, 0.5) is 5.69 Å². The molecule has 1 heterocycles. The smallest absolute Gasteiger partial charge is 0.237 e. The number of rotatable bonds is 1. The quantitative estimate of drug-likeness (QED) is 0.711. The molecule has 1 aliphatic heterocycles. The molecule has 0 radical (unpaired) electrons. The summed E-state index contributed by atoms with van der Waals surface area (Å²) >= 11 is 0. The van der Waals surface area contributed by atoms with Crippen LogP contribution in [0.3, 0.4) is 0 Å². The van der Waals surface area contributed by atoms with Crippen molar-refractivity contribution in [3.63, 3.8) is 0 Å². The number of imide groups is 1. The molecular formula is C15H17NO2. The molecular weight excluding hydrogens is 226 g/mol. The lowest BCUT2D eigenvalue weighted by Gasteiger charge is -2.25. The van der Waals surface area contributed by atoms with Crippen LogP contribution in [0.5, 0.6) is 0 Å². The maximum Gasteiger partial charge on any atom is 0.237 e. The molecule has 1 saturated heterocycles. The molecule has 18 heavy (non-hydrogen) atoms. The number of hydrogen-bond donors (Lipinski definition) is 0. The molecule has 0 N–H and O–H groups in total. The number of carbonyl (C=O) groups excluding carboxylic acids is 2. The topological polar surface area (TPSA) is 37.4 Å². The number of anilines is 1. The predicted molar refractivity (Wildman–Crippen MR) is 68.9 cm³/mol. The monoisotopic (exact) mass is 243 g/mol. The van der Waals surface area contributed by atoms with E-state index in [4.69, 9.17) is 0 Å². The van der Waals surface area contributed by atoms with Crippen molar-refractivity contribution < 1.29 is 9.59 Å². The second-order valence-electron chi connectivity index (χ2n) is 5.48. The number of para-hydroxylation sites is 1. The molecule has 3 rings (SSSR count). The lowest BCUT2D eigenvalue weighted by Crippen LogP contribution is -2.30. The van der Waals surface area contributed by atoms with Crippen molar-refractivity contribution in [1.29, 1.82) is 0 Å². The highest BCUT2D eigenvalue weighted by Crippen LogP contribution is 2.41. The van der Waals surface area contributed by atoms with E-state index < -0.39 is 0 Å². The molecule has 1 aromatic carbocycles. The Bertz CT molecular complexity index is 483. The zero-order valence-corrected chi connectivity index (χ0v) is 10.5. The third kappa shape index (κ3) is 1.65. The van der Waals surface area contributed by atoms with Crippen LogP contribution in [0.15, 0.2) is 30.3 Å². The normalized spacial score (nSPS) is 31.6. The van der Waals surface area contributed by atoms with Crippen LogP contribution >= 0.6 is 0 Å². The summed E-state index contributed by atoms with van der Waals surface area (Å²) in [5, 5.41) is 0. The largest absolute Gasteiger partial charge is 0.274 e. The lowest BCUT2D eigenvalue weighted by atomic mass is 9.76. The van der Waals surface area contributed by atoms with Crippen LogP contribution in [0, 0.1) is 17.8 Å². The van der Waals surface area contributed by atoms with Gasteiger partial charge in [-0.05, 0) is 37.3 Å². The van der Waals surface area contributed by atoms with Crippen molar-refractivity contribution in [2.75, 3.05) is 4.90 Å². The predicted octanol–water partition coefficient (Wildman–Crippen LogP) is 2.61. The van der Waals surface area contributed by atoms with Gasteiger partial charge in [-0.25, -0.2) is 0 Å². The summed E-state index contributed by atoms with van der Waals surface area (Å²) in [6, 6.07) is 9.28. The van der Waals surface area contributed by atoms with Crippen LogP contribution < -0.4 is 4.90 Å². The summed E-state index contributed by atoms with van der Waals surface area (Å²) in [7, 11) is 0. The van der Waals surface area contributed by atoms with Crippen molar-refractivity contribution in [3.8, 4) is 0 Å². The first kappa shape index (κ1) is 11.5. The van der Waals surface area contributed by atoms with Crippen LogP contribution in [0.1, 0.15) is 26.2 Å². The van der Waals surface area contributed by atoms with Crippen molar-refractivity contribution in [3.05, 3.63) is 30.3 Å². The van der Waals surface area contributed by atoms with Gasteiger partial charge in [0.1, 0.15) is 0 Å². The highest BCUT2D eigenvalue weighted by Gasteiger charge is 2.49. The highest BCUT2D eigenvalue weighted by molar-refractivity contribution is 6.22. The molecule has 3 heteroatoms. The molecule has 3 atom stereocenters. The maximum absolute atomic E-state index is 12.4.